The Morgan fingerprint density at radius 3 is 2.60 bits per heavy atom. The number of likely N-dealkylation sites (tertiary alicyclic amines) is 1. The van der Waals surface area contributed by atoms with Crippen LogP contribution in [0.2, 0.25) is 0 Å². The minimum Gasteiger partial charge on any atom is -0.371 e. The van der Waals surface area contributed by atoms with Gasteiger partial charge in [-0.3, -0.25) is 4.98 Å². The van der Waals surface area contributed by atoms with Crippen LogP contribution in [0.3, 0.4) is 0 Å². The number of amides is 2. The largest absolute Gasteiger partial charge is 0.371 e. The number of urea groups is 1. The van der Waals surface area contributed by atoms with Crippen molar-refractivity contribution in [2.75, 3.05) is 37.6 Å². The minimum atomic E-state index is -0.439. The Labute approximate surface area is 176 Å². The first-order valence-electron chi connectivity index (χ1n) is 10.7. The SMILES string of the molecule is O=C(NCC1CCN(c2ccncc2)CC1)N1CCCC(c2cc(F)ccc2F)C1. The number of benzene rings is 1. The molecular formula is C23H28F2N4O. The molecule has 1 aromatic heterocycles. The van der Waals surface area contributed by atoms with Crippen LogP contribution in [0.25, 0.3) is 0 Å². The molecule has 0 saturated carbocycles. The number of rotatable bonds is 4. The number of carbonyl (C=O) groups excluding carboxylic acids is 1. The van der Waals surface area contributed by atoms with Gasteiger partial charge in [0.15, 0.2) is 0 Å². The molecule has 0 bridgehead atoms. The molecule has 2 aliphatic rings. The first kappa shape index (κ1) is 20.6. The second kappa shape index (κ2) is 9.41. The molecule has 1 atom stereocenters. The maximum atomic E-state index is 14.1. The quantitative estimate of drug-likeness (QED) is 0.817. The summed E-state index contributed by atoms with van der Waals surface area (Å²) in [6, 6.07) is 7.51. The molecule has 2 aliphatic heterocycles. The number of nitrogens with zero attached hydrogens (tertiary/aromatic N) is 3. The highest BCUT2D eigenvalue weighted by Crippen LogP contribution is 2.29. The van der Waals surface area contributed by atoms with Gasteiger partial charge in [-0.15, -0.1) is 0 Å². The monoisotopic (exact) mass is 414 g/mol. The Morgan fingerprint density at radius 1 is 1.07 bits per heavy atom. The fourth-order valence-corrected chi connectivity index (χ4v) is 4.54. The molecule has 2 aromatic rings. The van der Waals surface area contributed by atoms with Crippen molar-refractivity contribution in [3.05, 3.63) is 59.9 Å². The van der Waals surface area contributed by atoms with Crippen molar-refractivity contribution in [1.29, 1.82) is 0 Å². The van der Waals surface area contributed by atoms with E-state index in [9.17, 15) is 13.6 Å². The molecule has 7 heteroatoms. The van der Waals surface area contributed by atoms with E-state index in [0.29, 0.717) is 31.1 Å². The summed E-state index contributed by atoms with van der Waals surface area (Å²) in [5.41, 5.74) is 1.56. The lowest BCUT2D eigenvalue weighted by Gasteiger charge is -2.35. The number of aromatic nitrogens is 1. The summed E-state index contributed by atoms with van der Waals surface area (Å²) in [5, 5.41) is 3.07. The lowest BCUT2D eigenvalue weighted by atomic mass is 9.90. The van der Waals surface area contributed by atoms with E-state index in [1.54, 1.807) is 4.90 Å². The molecule has 1 N–H and O–H groups in total. The van der Waals surface area contributed by atoms with E-state index >= 15 is 0 Å². The van der Waals surface area contributed by atoms with Crippen molar-refractivity contribution in [3.63, 3.8) is 0 Å². The van der Waals surface area contributed by atoms with E-state index < -0.39 is 11.6 Å². The van der Waals surface area contributed by atoms with Crippen LogP contribution in [0.15, 0.2) is 42.7 Å². The first-order chi connectivity index (χ1) is 14.6. The highest BCUT2D eigenvalue weighted by Gasteiger charge is 2.27. The van der Waals surface area contributed by atoms with Crippen molar-refractivity contribution < 1.29 is 13.6 Å². The molecule has 2 saturated heterocycles. The number of piperidine rings is 2. The zero-order valence-corrected chi connectivity index (χ0v) is 17.1. The van der Waals surface area contributed by atoms with Crippen LogP contribution < -0.4 is 10.2 Å². The van der Waals surface area contributed by atoms with Crippen LogP contribution >= 0.6 is 0 Å². The Balaban J connectivity index is 1.26. The average molecular weight is 415 g/mol. The normalized spacial score (nSPS) is 20.3. The molecule has 4 rings (SSSR count). The number of pyridine rings is 1. The van der Waals surface area contributed by atoms with Crippen molar-refractivity contribution >= 4 is 11.7 Å². The van der Waals surface area contributed by atoms with E-state index in [1.165, 1.54) is 17.8 Å². The second-order valence-corrected chi connectivity index (χ2v) is 8.27. The Bertz CT molecular complexity index is 856. The lowest BCUT2D eigenvalue weighted by Crippen LogP contribution is -2.47. The molecule has 2 amide bonds. The van der Waals surface area contributed by atoms with Crippen LogP contribution in [0.1, 0.15) is 37.2 Å². The maximum absolute atomic E-state index is 14.1. The van der Waals surface area contributed by atoms with Crippen LogP contribution in [0, 0.1) is 17.6 Å². The molecule has 0 aliphatic carbocycles. The number of anilines is 1. The zero-order valence-electron chi connectivity index (χ0n) is 17.1. The maximum Gasteiger partial charge on any atom is 0.317 e. The summed E-state index contributed by atoms with van der Waals surface area (Å²) in [7, 11) is 0. The third-order valence-electron chi connectivity index (χ3n) is 6.29. The summed E-state index contributed by atoms with van der Waals surface area (Å²) in [4.78, 5) is 20.8. The van der Waals surface area contributed by atoms with E-state index in [1.807, 2.05) is 24.5 Å². The van der Waals surface area contributed by atoms with Gasteiger partial charge >= 0.3 is 6.03 Å². The number of nitrogens with one attached hydrogen (secondary N) is 1. The van der Waals surface area contributed by atoms with Crippen LogP contribution in [-0.4, -0.2) is 48.6 Å². The molecule has 160 valence electrons. The number of hydrogen-bond donors (Lipinski definition) is 1. The molecule has 30 heavy (non-hydrogen) atoms. The summed E-state index contributed by atoms with van der Waals surface area (Å²) in [6.45, 7) is 3.66. The van der Waals surface area contributed by atoms with Crippen LogP contribution in [0.4, 0.5) is 19.3 Å². The molecule has 2 fully saturated rings. The minimum absolute atomic E-state index is 0.104. The van der Waals surface area contributed by atoms with Gasteiger partial charge in [-0.25, -0.2) is 13.6 Å². The van der Waals surface area contributed by atoms with E-state index in [-0.39, 0.29) is 11.9 Å². The highest BCUT2D eigenvalue weighted by molar-refractivity contribution is 5.74. The van der Waals surface area contributed by atoms with Gasteiger partial charge in [0.1, 0.15) is 11.6 Å². The third kappa shape index (κ3) is 4.89. The predicted molar refractivity (Wildman–Crippen MR) is 112 cm³/mol. The summed E-state index contributed by atoms with van der Waals surface area (Å²) >= 11 is 0. The number of halogens is 2. The van der Waals surface area contributed by atoms with Crippen molar-refractivity contribution in [2.24, 2.45) is 5.92 Å². The second-order valence-electron chi connectivity index (χ2n) is 8.27. The van der Waals surface area contributed by atoms with Gasteiger partial charge < -0.3 is 15.1 Å². The number of carbonyl (C=O) groups is 1. The zero-order chi connectivity index (χ0) is 20.9. The summed E-state index contributed by atoms with van der Waals surface area (Å²) in [6.07, 6.45) is 7.22. The van der Waals surface area contributed by atoms with E-state index in [2.05, 4.69) is 15.2 Å². The van der Waals surface area contributed by atoms with Gasteiger partial charge in [0.05, 0.1) is 0 Å². The summed E-state index contributed by atoms with van der Waals surface area (Å²) in [5.74, 6) is -0.548. The van der Waals surface area contributed by atoms with Gasteiger partial charge in [-0.1, -0.05) is 0 Å². The van der Waals surface area contributed by atoms with E-state index in [4.69, 9.17) is 0 Å². The van der Waals surface area contributed by atoms with Crippen molar-refractivity contribution in [3.8, 4) is 0 Å². The van der Waals surface area contributed by atoms with Gasteiger partial charge in [-0.05, 0) is 67.5 Å². The van der Waals surface area contributed by atoms with Gasteiger partial charge in [-0.2, -0.15) is 0 Å². The highest BCUT2D eigenvalue weighted by atomic mass is 19.1. The van der Waals surface area contributed by atoms with Crippen LogP contribution in [-0.2, 0) is 0 Å². The van der Waals surface area contributed by atoms with Gasteiger partial charge in [0.25, 0.3) is 0 Å². The van der Waals surface area contributed by atoms with Crippen molar-refractivity contribution in [2.45, 2.75) is 31.6 Å². The molecular weight excluding hydrogens is 386 g/mol. The van der Waals surface area contributed by atoms with E-state index in [0.717, 1.165) is 44.8 Å². The first-order valence-corrected chi connectivity index (χ1v) is 10.7. The fraction of sp³-hybridized carbons (Fsp3) is 0.478. The molecule has 1 aromatic carbocycles. The molecule has 3 heterocycles. The average Bonchev–Trinajstić information content (AvgIpc) is 2.80. The Hall–Kier alpha value is -2.70. The Morgan fingerprint density at radius 2 is 1.83 bits per heavy atom. The molecule has 0 radical (unpaired) electrons. The van der Waals surface area contributed by atoms with Gasteiger partial charge in [0, 0.05) is 56.7 Å². The third-order valence-corrected chi connectivity index (χ3v) is 6.29. The number of hydrogen-bond acceptors (Lipinski definition) is 3. The molecule has 0 spiro atoms. The summed E-state index contributed by atoms with van der Waals surface area (Å²) < 4.78 is 27.7. The fourth-order valence-electron chi connectivity index (χ4n) is 4.54. The Kier molecular flexibility index (Phi) is 6.45. The lowest BCUT2D eigenvalue weighted by molar-refractivity contribution is 0.176. The van der Waals surface area contributed by atoms with Crippen molar-refractivity contribution in [1.82, 2.24) is 15.2 Å². The standard InChI is InChI=1S/C23H28F2N4O/c24-19-3-4-22(25)21(14-19)18-2-1-11-29(16-18)23(30)27-15-17-7-12-28(13-8-17)20-5-9-26-10-6-20/h3-6,9-10,14,17-18H,1-2,7-8,11-13,15-16H2,(H,27,30). The molecule has 5 nitrogen and oxygen atoms in total. The predicted octanol–water partition coefficient (Wildman–Crippen LogP) is 4.17. The van der Waals surface area contributed by atoms with Gasteiger partial charge in [0.2, 0.25) is 0 Å². The molecule has 1 unspecified atom stereocenters. The smallest absolute Gasteiger partial charge is 0.317 e. The topological polar surface area (TPSA) is 48.5 Å². The van der Waals surface area contributed by atoms with Crippen LogP contribution in [0.5, 0.6) is 0 Å².